The first kappa shape index (κ1) is 22.5. The van der Waals surface area contributed by atoms with Crippen molar-refractivity contribution in [3.8, 4) is 11.1 Å². The molecule has 0 radical (unpaired) electrons. The Hall–Kier alpha value is -1.83. The second-order valence-corrected chi connectivity index (χ2v) is 7.35. The van der Waals surface area contributed by atoms with Crippen LogP contribution in [0, 0.1) is 0 Å². The highest BCUT2D eigenvalue weighted by Gasteiger charge is 2.15. The molecule has 28 heavy (non-hydrogen) atoms. The van der Waals surface area contributed by atoms with Gasteiger partial charge in [-0.3, -0.25) is 4.79 Å². The molecule has 0 fully saturated rings. The van der Waals surface area contributed by atoms with Gasteiger partial charge in [0, 0.05) is 22.3 Å². The zero-order chi connectivity index (χ0) is 18.3. The lowest BCUT2D eigenvalue weighted by Crippen LogP contribution is -2.08. The van der Waals surface area contributed by atoms with Crippen molar-refractivity contribution in [3.63, 3.8) is 0 Å². The number of pyridine rings is 1. The molecule has 0 bridgehead atoms. The van der Waals surface area contributed by atoms with Gasteiger partial charge in [0.2, 0.25) is 0 Å². The zero-order valence-electron chi connectivity index (χ0n) is 15.4. The smallest absolute Gasteiger partial charge is 0.266 e. The summed E-state index contributed by atoms with van der Waals surface area (Å²) in [5.74, 6) is 0. The molecule has 0 unspecified atom stereocenters. The minimum Gasteiger partial charge on any atom is -0.392 e. The van der Waals surface area contributed by atoms with Crippen LogP contribution in [0.5, 0.6) is 0 Å². The molecule has 0 aliphatic carbocycles. The molecular weight excluding hydrogens is 412 g/mol. The Balaban J connectivity index is 0.00000140. The monoisotopic (exact) mass is 434 g/mol. The minimum absolute atomic E-state index is 0. The normalized spacial score (nSPS) is 11.8. The van der Waals surface area contributed by atoms with Crippen molar-refractivity contribution in [2.75, 3.05) is 0 Å². The fraction of sp³-hybridized carbons (Fsp3) is 0.190. The number of benzene rings is 2. The predicted octanol–water partition coefficient (Wildman–Crippen LogP) is 4.85. The van der Waals surface area contributed by atoms with Crippen LogP contribution in [0.1, 0.15) is 30.5 Å². The molecule has 2 aromatic heterocycles. The van der Waals surface area contributed by atoms with Crippen LogP contribution in [0.25, 0.3) is 32.1 Å². The lowest BCUT2D eigenvalue weighted by atomic mass is 9.92. The predicted molar refractivity (Wildman–Crippen MR) is 126 cm³/mol. The van der Waals surface area contributed by atoms with E-state index in [1.54, 1.807) is 0 Å². The van der Waals surface area contributed by atoms with Crippen LogP contribution in [0.2, 0.25) is 0 Å². The molecule has 2 aromatic carbocycles. The number of aliphatic hydroxyl groups excluding tert-OH is 1. The van der Waals surface area contributed by atoms with Crippen LogP contribution in [0.3, 0.4) is 0 Å². The zero-order valence-corrected chi connectivity index (χ0v) is 18.0. The maximum atomic E-state index is 12.3. The molecule has 0 saturated heterocycles. The summed E-state index contributed by atoms with van der Waals surface area (Å²) in [5.41, 5.74) is 10.7. The van der Waals surface area contributed by atoms with Gasteiger partial charge in [0.15, 0.2) is 0 Å². The van der Waals surface area contributed by atoms with E-state index < -0.39 is 0 Å². The Labute approximate surface area is 180 Å². The quantitative estimate of drug-likeness (QED) is 0.429. The average molecular weight is 435 g/mol. The standard InChI is InChI=1S/C21H20N2O2S.ClH.H2S/c1-2-16(22)12-3-5-13(6-4-12)18-14(11-24)7-8-17-19(18)15-9-10-26-20(15)21(25)23-17;;/h3-10,16,24H,2,11,22H2,1H3,(H,23,25);1H;1H2/t16-;;/m0../s1. The van der Waals surface area contributed by atoms with Gasteiger partial charge in [0.25, 0.3) is 5.56 Å². The second kappa shape index (κ2) is 9.11. The van der Waals surface area contributed by atoms with Crippen molar-refractivity contribution in [2.45, 2.75) is 26.0 Å². The minimum atomic E-state index is -0.0746. The maximum Gasteiger partial charge on any atom is 0.266 e. The van der Waals surface area contributed by atoms with Gasteiger partial charge in [-0.05, 0) is 46.2 Å². The fourth-order valence-corrected chi connectivity index (χ4v) is 4.28. The number of H-pyrrole nitrogens is 1. The first-order chi connectivity index (χ1) is 12.6. The summed E-state index contributed by atoms with van der Waals surface area (Å²) in [7, 11) is 0. The number of nitrogens with one attached hydrogen (secondary N) is 1. The van der Waals surface area contributed by atoms with E-state index >= 15 is 0 Å². The third kappa shape index (κ3) is 3.71. The van der Waals surface area contributed by atoms with E-state index in [1.807, 2.05) is 47.8 Å². The van der Waals surface area contributed by atoms with Crippen molar-refractivity contribution in [3.05, 3.63) is 69.3 Å². The lowest BCUT2D eigenvalue weighted by molar-refractivity contribution is 0.282. The molecule has 148 valence electrons. The fourth-order valence-electron chi connectivity index (χ4n) is 3.48. The molecule has 0 aliphatic heterocycles. The number of aromatic nitrogens is 1. The van der Waals surface area contributed by atoms with E-state index in [9.17, 15) is 9.90 Å². The molecule has 0 saturated carbocycles. The summed E-state index contributed by atoms with van der Waals surface area (Å²) in [6, 6.07) is 13.9. The van der Waals surface area contributed by atoms with Gasteiger partial charge < -0.3 is 15.8 Å². The van der Waals surface area contributed by atoms with Gasteiger partial charge in [-0.2, -0.15) is 13.5 Å². The van der Waals surface area contributed by atoms with Gasteiger partial charge in [-0.1, -0.05) is 37.3 Å². The highest BCUT2D eigenvalue weighted by atomic mass is 35.5. The van der Waals surface area contributed by atoms with E-state index in [-0.39, 0.29) is 44.1 Å². The molecule has 1 atom stereocenters. The summed E-state index contributed by atoms with van der Waals surface area (Å²) < 4.78 is 0.707. The van der Waals surface area contributed by atoms with Gasteiger partial charge in [0.05, 0.1) is 6.61 Å². The van der Waals surface area contributed by atoms with Crippen LogP contribution < -0.4 is 11.3 Å². The van der Waals surface area contributed by atoms with Crippen LogP contribution in [0.15, 0.2) is 52.6 Å². The Morgan fingerprint density at radius 3 is 2.50 bits per heavy atom. The molecule has 0 aliphatic rings. The largest absolute Gasteiger partial charge is 0.392 e. The first-order valence-electron chi connectivity index (χ1n) is 8.66. The van der Waals surface area contributed by atoms with Crippen molar-refractivity contribution >= 4 is 58.2 Å². The third-order valence-electron chi connectivity index (χ3n) is 4.92. The number of halogens is 1. The summed E-state index contributed by atoms with van der Waals surface area (Å²) in [6.45, 7) is 2.00. The van der Waals surface area contributed by atoms with Gasteiger partial charge in [-0.15, -0.1) is 23.7 Å². The number of rotatable bonds is 4. The van der Waals surface area contributed by atoms with Crippen LogP contribution >= 0.6 is 37.2 Å². The molecule has 4 N–H and O–H groups in total. The topological polar surface area (TPSA) is 79.1 Å². The molecule has 0 spiro atoms. The van der Waals surface area contributed by atoms with Crippen LogP contribution in [0.4, 0.5) is 0 Å². The van der Waals surface area contributed by atoms with E-state index in [1.165, 1.54) is 11.3 Å². The second-order valence-electron chi connectivity index (χ2n) is 6.43. The van der Waals surface area contributed by atoms with Crippen molar-refractivity contribution < 1.29 is 5.11 Å². The molecule has 4 rings (SSSR count). The Morgan fingerprint density at radius 2 is 1.86 bits per heavy atom. The number of aromatic amines is 1. The number of hydrogen-bond donors (Lipinski definition) is 3. The van der Waals surface area contributed by atoms with Gasteiger partial charge >= 0.3 is 0 Å². The molecule has 4 aromatic rings. The molecule has 2 heterocycles. The Bertz CT molecular complexity index is 1150. The summed E-state index contributed by atoms with van der Waals surface area (Å²) in [4.78, 5) is 15.3. The number of hydrogen-bond acceptors (Lipinski definition) is 4. The Morgan fingerprint density at radius 1 is 1.14 bits per heavy atom. The van der Waals surface area contributed by atoms with Crippen LogP contribution in [-0.4, -0.2) is 10.1 Å². The summed E-state index contributed by atoms with van der Waals surface area (Å²) >= 11 is 1.43. The first-order valence-corrected chi connectivity index (χ1v) is 9.53. The maximum absolute atomic E-state index is 12.3. The number of fused-ring (bicyclic) bond motifs is 3. The molecule has 0 amide bonds. The summed E-state index contributed by atoms with van der Waals surface area (Å²) in [6.07, 6.45) is 0.881. The van der Waals surface area contributed by atoms with Crippen molar-refractivity contribution in [1.29, 1.82) is 0 Å². The van der Waals surface area contributed by atoms with Crippen molar-refractivity contribution in [2.24, 2.45) is 5.73 Å². The van der Waals surface area contributed by atoms with E-state index in [0.29, 0.717) is 4.70 Å². The lowest BCUT2D eigenvalue weighted by Gasteiger charge is -2.15. The van der Waals surface area contributed by atoms with E-state index in [2.05, 4.69) is 11.9 Å². The number of nitrogens with two attached hydrogens (primary N) is 1. The Kier molecular flexibility index (Phi) is 7.31. The number of aliphatic hydroxyl groups is 1. The highest BCUT2D eigenvalue weighted by Crippen LogP contribution is 2.37. The molecule has 7 heteroatoms. The number of thiophene rings is 1. The molecule has 4 nitrogen and oxygen atoms in total. The highest BCUT2D eigenvalue weighted by molar-refractivity contribution is 7.59. The summed E-state index contributed by atoms with van der Waals surface area (Å²) in [5, 5.41) is 13.7. The third-order valence-corrected chi connectivity index (χ3v) is 5.83. The SMILES string of the molecule is CC[C@H](N)c1ccc(-c2c(CO)ccc3[nH]c(=O)c4sccc4c23)cc1.Cl.S. The van der Waals surface area contributed by atoms with Gasteiger partial charge in [0.1, 0.15) is 4.70 Å². The van der Waals surface area contributed by atoms with Gasteiger partial charge in [-0.25, -0.2) is 0 Å². The molecular formula is C21H23ClN2O2S2. The van der Waals surface area contributed by atoms with E-state index in [0.717, 1.165) is 45.0 Å². The van der Waals surface area contributed by atoms with Crippen LogP contribution in [-0.2, 0) is 6.61 Å². The average Bonchev–Trinajstić information content (AvgIpc) is 3.17. The van der Waals surface area contributed by atoms with E-state index in [4.69, 9.17) is 5.73 Å². The van der Waals surface area contributed by atoms with Crippen molar-refractivity contribution in [1.82, 2.24) is 4.98 Å².